The lowest BCUT2D eigenvalue weighted by atomic mass is 9.91. The minimum atomic E-state index is -1.90. The molecule has 0 radical (unpaired) electrons. The van der Waals surface area contributed by atoms with E-state index in [2.05, 4.69) is 79.0 Å². The summed E-state index contributed by atoms with van der Waals surface area (Å²) in [5.74, 6) is 0.0504. The van der Waals surface area contributed by atoms with Crippen LogP contribution in [0.1, 0.15) is 73.1 Å². The number of ether oxygens (including phenoxy) is 1. The molecule has 224 valence electrons. The molecule has 1 unspecified atom stereocenters. The Balaban J connectivity index is 1.56. The van der Waals surface area contributed by atoms with E-state index in [1.165, 1.54) is 0 Å². The topological polar surface area (TPSA) is 38.8 Å². The normalized spacial score (nSPS) is 20.0. The predicted molar refractivity (Wildman–Crippen MR) is 178 cm³/mol. The van der Waals surface area contributed by atoms with Crippen LogP contribution in [0.25, 0.3) is 0 Å². The van der Waals surface area contributed by atoms with Crippen molar-refractivity contribution in [2.75, 3.05) is 13.2 Å². The predicted octanol–water partition coefficient (Wildman–Crippen LogP) is 9.99. The lowest BCUT2D eigenvalue weighted by Crippen LogP contribution is -2.46. The molecule has 1 atom stereocenters. The third-order valence-electron chi connectivity index (χ3n) is 9.38. The zero-order valence-corrected chi connectivity index (χ0v) is 29.4. The van der Waals surface area contributed by atoms with E-state index in [0.29, 0.717) is 41.9 Å². The van der Waals surface area contributed by atoms with Crippen LogP contribution in [0.15, 0.2) is 65.1 Å². The van der Waals surface area contributed by atoms with Crippen LogP contribution in [0.3, 0.4) is 0 Å². The summed E-state index contributed by atoms with van der Waals surface area (Å²) in [6.07, 6.45) is 2.16. The van der Waals surface area contributed by atoms with Gasteiger partial charge in [0, 0.05) is 56.3 Å². The van der Waals surface area contributed by atoms with E-state index < -0.39 is 14.0 Å². The lowest BCUT2D eigenvalue weighted by molar-refractivity contribution is -0.146. The molecule has 4 nitrogen and oxygen atoms in total. The largest absolute Gasteiger partial charge is 0.416 e. The van der Waals surface area contributed by atoms with Gasteiger partial charge < -0.3 is 9.16 Å². The molecule has 42 heavy (non-hydrogen) atoms. The zero-order chi connectivity index (χ0) is 30.5. The Bertz CT molecular complexity index is 1480. The summed E-state index contributed by atoms with van der Waals surface area (Å²) in [5, 5.41) is 1.50. The molecule has 1 aliphatic carbocycles. The second-order valence-electron chi connectivity index (χ2n) is 13.5. The third kappa shape index (κ3) is 6.32. The van der Waals surface area contributed by atoms with Gasteiger partial charge in [0.15, 0.2) is 19.8 Å². The molecule has 3 aromatic carbocycles. The average molecular weight is 690 g/mol. The van der Waals surface area contributed by atoms with Gasteiger partial charge in [0.1, 0.15) is 0 Å². The monoisotopic (exact) mass is 687 g/mol. The minimum absolute atomic E-state index is 0.0104. The molecule has 1 aliphatic heterocycles. The summed E-state index contributed by atoms with van der Waals surface area (Å²) in [6, 6.07) is 19.9. The summed E-state index contributed by atoms with van der Waals surface area (Å²) in [7, 11) is -1.90. The Morgan fingerprint density at radius 2 is 1.64 bits per heavy atom. The number of ketones is 1. The Hall–Kier alpha value is -1.51. The number of hydrogen-bond donors (Lipinski definition) is 0. The molecule has 1 fully saturated rings. The van der Waals surface area contributed by atoms with E-state index >= 15 is 0 Å². The molecule has 0 spiro atoms. The number of Topliss-reactive ketones (excluding diaryl/α,β-unsaturated/α-hetero) is 1. The van der Waals surface area contributed by atoms with E-state index in [4.69, 9.17) is 32.4 Å². The van der Waals surface area contributed by atoms with Crippen molar-refractivity contribution in [2.45, 2.75) is 77.5 Å². The van der Waals surface area contributed by atoms with Crippen molar-refractivity contribution < 1.29 is 14.0 Å². The molecule has 0 aromatic heterocycles. The second-order valence-corrected chi connectivity index (χ2v) is 20.0. The number of carbonyl (C=O) groups excluding carboxylic acids is 1. The van der Waals surface area contributed by atoms with Gasteiger partial charge in [-0.15, -0.1) is 0 Å². The summed E-state index contributed by atoms with van der Waals surface area (Å²) in [5.41, 5.74) is 4.07. The molecule has 2 aliphatic rings. The van der Waals surface area contributed by atoms with Gasteiger partial charge in [-0.05, 0) is 79.4 Å². The minimum Gasteiger partial charge on any atom is -0.416 e. The number of benzene rings is 3. The van der Waals surface area contributed by atoms with Crippen molar-refractivity contribution in [3.05, 3.63) is 103 Å². The fourth-order valence-electron chi connectivity index (χ4n) is 5.37. The lowest BCUT2D eigenvalue weighted by Gasteiger charge is -2.42. The third-order valence-corrected chi connectivity index (χ3v) is 15.1. The maximum absolute atomic E-state index is 12.4. The maximum atomic E-state index is 12.4. The number of fused-ring (bicyclic) bond motifs is 1. The van der Waals surface area contributed by atoms with E-state index in [0.717, 1.165) is 39.6 Å². The highest BCUT2D eigenvalue weighted by Crippen LogP contribution is 2.53. The van der Waals surface area contributed by atoms with Crippen LogP contribution in [0.4, 0.5) is 0 Å². The number of rotatable bonds is 10. The van der Waals surface area contributed by atoms with Gasteiger partial charge in [-0.25, -0.2) is 0 Å². The van der Waals surface area contributed by atoms with Crippen LogP contribution in [-0.2, 0) is 28.0 Å². The first-order valence-corrected chi connectivity index (χ1v) is 19.0. The summed E-state index contributed by atoms with van der Waals surface area (Å²) < 4.78 is 14.9. The molecule has 0 saturated heterocycles. The molecule has 5 rings (SSSR count). The van der Waals surface area contributed by atoms with Crippen molar-refractivity contribution in [3.63, 3.8) is 0 Å². The van der Waals surface area contributed by atoms with E-state index in [1.54, 1.807) is 6.92 Å². The summed E-state index contributed by atoms with van der Waals surface area (Å²) in [6.45, 7) is 15.6. The van der Waals surface area contributed by atoms with Crippen LogP contribution < -0.4 is 0 Å². The molecular weight excluding hydrogens is 649 g/mol. The molecule has 3 aromatic rings. The molecule has 0 bridgehead atoms. The Morgan fingerprint density at radius 1 is 0.976 bits per heavy atom. The van der Waals surface area contributed by atoms with E-state index in [1.807, 2.05) is 36.4 Å². The van der Waals surface area contributed by atoms with Crippen molar-refractivity contribution in [1.29, 1.82) is 0 Å². The summed E-state index contributed by atoms with van der Waals surface area (Å²) in [4.78, 5) is 14.7. The quantitative estimate of drug-likeness (QED) is 0.157. The Labute approximate surface area is 269 Å². The van der Waals surface area contributed by atoms with Crippen molar-refractivity contribution >= 4 is 53.2 Å². The van der Waals surface area contributed by atoms with E-state index in [-0.39, 0.29) is 16.2 Å². The Morgan fingerprint density at radius 3 is 2.24 bits per heavy atom. The first-order valence-electron chi connectivity index (χ1n) is 14.5. The van der Waals surface area contributed by atoms with Crippen LogP contribution in [-0.4, -0.2) is 32.2 Å². The van der Waals surface area contributed by atoms with Crippen LogP contribution in [0.5, 0.6) is 0 Å². The number of halogens is 3. The van der Waals surface area contributed by atoms with Gasteiger partial charge in [0.05, 0.1) is 6.61 Å². The number of nitrogens with zero attached hydrogens (tertiary/aromatic N) is 1. The van der Waals surface area contributed by atoms with Crippen molar-refractivity contribution in [2.24, 2.45) is 5.41 Å². The first-order chi connectivity index (χ1) is 19.7. The van der Waals surface area contributed by atoms with Crippen LogP contribution in [0.2, 0.25) is 28.2 Å². The van der Waals surface area contributed by atoms with Gasteiger partial charge in [-0.3, -0.25) is 9.69 Å². The number of carbonyl (C=O) groups is 1. The maximum Gasteiger partial charge on any atom is 0.192 e. The van der Waals surface area contributed by atoms with Crippen molar-refractivity contribution in [3.8, 4) is 0 Å². The molecule has 1 saturated carbocycles. The highest BCUT2D eigenvalue weighted by atomic mass is 79.9. The molecular formula is C34H40BrCl2NO3Si. The van der Waals surface area contributed by atoms with Gasteiger partial charge in [0.2, 0.25) is 0 Å². The fraction of sp³-hybridized carbons (Fsp3) is 0.441. The smallest absolute Gasteiger partial charge is 0.192 e. The number of hydrogen-bond acceptors (Lipinski definition) is 4. The first kappa shape index (κ1) is 31.9. The van der Waals surface area contributed by atoms with Gasteiger partial charge in [-0.1, -0.05) is 90.2 Å². The van der Waals surface area contributed by atoms with Gasteiger partial charge >= 0.3 is 0 Å². The van der Waals surface area contributed by atoms with Crippen LogP contribution in [0, 0.1) is 5.41 Å². The fourth-order valence-corrected chi connectivity index (χ4v) is 7.40. The molecule has 0 N–H and O–H groups in total. The standard InChI is InChI=1S/C34H40BrCl2NO3Si/c1-23(39)24-8-14-30-26(17-24)20-38(19-25-7-11-29(37)18-31(25)35)34(30,27-9-12-28(36)13-10-27)40-21-33(15-16-33)22-41-42(5,6)32(2,3)4/h7-14,17-18H,15-16,19-22H2,1-6H3. The van der Waals surface area contributed by atoms with Gasteiger partial charge in [0.25, 0.3) is 0 Å². The average Bonchev–Trinajstić information content (AvgIpc) is 3.63. The van der Waals surface area contributed by atoms with E-state index in [9.17, 15) is 4.79 Å². The highest BCUT2D eigenvalue weighted by molar-refractivity contribution is 9.10. The van der Waals surface area contributed by atoms with Gasteiger partial charge in [-0.2, -0.15) is 0 Å². The molecule has 0 amide bonds. The Kier molecular flexibility index (Phi) is 8.94. The van der Waals surface area contributed by atoms with Crippen LogP contribution >= 0.6 is 39.1 Å². The highest BCUT2D eigenvalue weighted by Gasteiger charge is 2.53. The molecule has 1 heterocycles. The SMILES string of the molecule is CC(=O)c1ccc2c(c1)CN(Cc1ccc(Cl)cc1Br)C2(OCC1(CO[Si](C)(C)C(C)(C)C)CC1)c1ccc(Cl)cc1. The zero-order valence-electron chi connectivity index (χ0n) is 25.3. The molecule has 8 heteroatoms. The summed E-state index contributed by atoms with van der Waals surface area (Å²) >= 11 is 16.4. The van der Waals surface area contributed by atoms with Crippen molar-refractivity contribution in [1.82, 2.24) is 4.90 Å². The second kappa shape index (κ2) is 11.8.